The molecular formula is C7H6Cl2N6O. The van der Waals surface area contributed by atoms with Crippen LogP contribution in [0.2, 0.25) is 10.6 Å². The second-order valence-corrected chi connectivity index (χ2v) is 3.39. The van der Waals surface area contributed by atoms with Gasteiger partial charge in [0.2, 0.25) is 16.5 Å². The van der Waals surface area contributed by atoms with Crippen LogP contribution in [0.1, 0.15) is 0 Å². The summed E-state index contributed by atoms with van der Waals surface area (Å²) in [5.41, 5.74) is 0. The van der Waals surface area contributed by atoms with E-state index in [0.717, 1.165) is 0 Å². The molecule has 16 heavy (non-hydrogen) atoms. The second-order valence-electron chi connectivity index (χ2n) is 2.71. The van der Waals surface area contributed by atoms with Crippen molar-refractivity contribution < 1.29 is 5.11 Å². The fraction of sp³-hybridized carbons (Fsp3) is 0.143. The summed E-state index contributed by atoms with van der Waals surface area (Å²) in [6, 6.07) is 0. The van der Waals surface area contributed by atoms with Crippen molar-refractivity contribution in [2.45, 2.75) is 6.73 Å². The zero-order valence-corrected chi connectivity index (χ0v) is 9.31. The highest BCUT2D eigenvalue weighted by Gasteiger charge is 2.06. The highest BCUT2D eigenvalue weighted by atomic mass is 35.5. The minimum atomic E-state index is -0.213. The lowest BCUT2D eigenvalue weighted by atomic mass is 10.7. The van der Waals surface area contributed by atoms with E-state index in [1.807, 2.05) is 0 Å². The maximum atomic E-state index is 8.97. The van der Waals surface area contributed by atoms with E-state index in [0.29, 0.717) is 5.82 Å². The van der Waals surface area contributed by atoms with Gasteiger partial charge in [-0.25, -0.2) is 4.98 Å². The molecule has 2 aromatic heterocycles. The first-order chi connectivity index (χ1) is 7.69. The Morgan fingerprint density at radius 2 is 1.94 bits per heavy atom. The summed E-state index contributed by atoms with van der Waals surface area (Å²) >= 11 is 11.2. The average Bonchev–Trinajstić information content (AvgIpc) is 2.63. The summed E-state index contributed by atoms with van der Waals surface area (Å²) in [6.07, 6.45) is 2.95. The van der Waals surface area contributed by atoms with Crippen LogP contribution >= 0.6 is 23.2 Å². The Labute approximate surface area is 100 Å². The molecule has 2 N–H and O–H groups in total. The molecule has 0 bridgehead atoms. The number of rotatable bonds is 3. The molecule has 2 aromatic rings. The van der Waals surface area contributed by atoms with Gasteiger partial charge in [-0.1, -0.05) is 0 Å². The monoisotopic (exact) mass is 260 g/mol. The van der Waals surface area contributed by atoms with Crippen molar-refractivity contribution in [2.75, 3.05) is 5.32 Å². The summed E-state index contributed by atoms with van der Waals surface area (Å²) < 4.78 is 1.45. The largest absolute Gasteiger partial charge is 0.376 e. The highest BCUT2D eigenvalue weighted by molar-refractivity contribution is 6.31. The number of aromatic nitrogens is 5. The molecule has 0 spiro atoms. The summed E-state index contributed by atoms with van der Waals surface area (Å²) in [5.74, 6) is 0.695. The molecule has 7 nitrogen and oxygen atoms in total. The van der Waals surface area contributed by atoms with E-state index in [-0.39, 0.29) is 23.2 Å². The molecule has 0 saturated carbocycles. The van der Waals surface area contributed by atoms with E-state index in [1.54, 1.807) is 0 Å². The van der Waals surface area contributed by atoms with Gasteiger partial charge in [0.05, 0.1) is 12.5 Å². The van der Waals surface area contributed by atoms with Crippen LogP contribution in [0.4, 0.5) is 11.8 Å². The minimum absolute atomic E-state index is 0.0161. The number of aliphatic hydroxyl groups excluding tert-OH is 1. The molecule has 0 unspecified atom stereocenters. The van der Waals surface area contributed by atoms with Gasteiger partial charge < -0.3 is 10.4 Å². The van der Waals surface area contributed by atoms with Crippen LogP contribution in [0, 0.1) is 0 Å². The maximum Gasteiger partial charge on any atom is 0.234 e. The molecule has 0 aliphatic rings. The van der Waals surface area contributed by atoms with Crippen molar-refractivity contribution in [3.05, 3.63) is 23.1 Å². The zero-order chi connectivity index (χ0) is 11.5. The Kier molecular flexibility index (Phi) is 3.18. The number of nitrogens with zero attached hydrogens (tertiary/aromatic N) is 5. The fourth-order valence-corrected chi connectivity index (χ4v) is 1.40. The zero-order valence-electron chi connectivity index (χ0n) is 7.80. The van der Waals surface area contributed by atoms with Crippen molar-refractivity contribution in [1.82, 2.24) is 24.5 Å². The molecule has 0 aromatic carbocycles. The van der Waals surface area contributed by atoms with E-state index in [2.05, 4.69) is 25.3 Å². The number of nitrogens with one attached hydrogen (secondary N) is 1. The summed E-state index contributed by atoms with van der Waals surface area (Å²) in [4.78, 5) is 15.1. The van der Waals surface area contributed by atoms with E-state index < -0.39 is 0 Å². The molecule has 9 heteroatoms. The number of hydrogen-bond acceptors (Lipinski definition) is 6. The van der Waals surface area contributed by atoms with E-state index in [4.69, 9.17) is 28.3 Å². The Bertz CT molecular complexity index is 481. The molecular weight excluding hydrogens is 255 g/mol. The average molecular weight is 261 g/mol. The number of halogens is 2. The van der Waals surface area contributed by atoms with Crippen LogP contribution in [0.15, 0.2) is 12.5 Å². The first kappa shape index (κ1) is 11.1. The van der Waals surface area contributed by atoms with Crippen LogP contribution < -0.4 is 5.32 Å². The van der Waals surface area contributed by atoms with E-state index in [9.17, 15) is 0 Å². The fourth-order valence-electron chi connectivity index (χ4n) is 1.03. The highest BCUT2D eigenvalue weighted by Crippen LogP contribution is 2.15. The number of imidazole rings is 1. The van der Waals surface area contributed by atoms with Gasteiger partial charge in [-0.2, -0.15) is 15.0 Å². The Morgan fingerprint density at radius 3 is 2.56 bits per heavy atom. The lowest BCUT2D eigenvalue weighted by molar-refractivity contribution is 0.212. The molecule has 2 heterocycles. The van der Waals surface area contributed by atoms with Gasteiger partial charge in [-0.05, 0) is 23.2 Å². The SMILES string of the molecule is OCn1cncc1Nc1nc(Cl)nc(Cl)n1. The quantitative estimate of drug-likeness (QED) is 0.859. The smallest absolute Gasteiger partial charge is 0.234 e. The van der Waals surface area contributed by atoms with Gasteiger partial charge in [0, 0.05) is 0 Å². The van der Waals surface area contributed by atoms with E-state index >= 15 is 0 Å². The first-order valence-corrected chi connectivity index (χ1v) is 4.89. The lowest BCUT2D eigenvalue weighted by Gasteiger charge is -2.06. The van der Waals surface area contributed by atoms with Gasteiger partial charge in [0.1, 0.15) is 12.5 Å². The van der Waals surface area contributed by atoms with Crippen molar-refractivity contribution in [2.24, 2.45) is 0 Å². The number of anilines is 2. The normalized spacial score (nSPS) is 10.4. The Balaban J connectivity index is 2.26. The predicted molar refractivity (Wildman–Crippen MR) is 57.6 cm³/mol. The number of aliphatic hydroxyl groups is 1. The third kappa shape index (κ3) is 2.38. The summed E-state index contributed by atoms with van der Waals surface area (Å²) in [5, 5.41) is 11.7. The van der Waals surface area contributed by atoms with Crippen LogP contribution in [-0.2, 0) is 6.73 Å². The van der Waals surface area contributed by atoms with Crippen LogP contribution in [0.5, 0.6) is 0 Å². The molecule has 0 amide bonds. The molecule has 0 saturated heterocycles. The maximum absolute atomic E-state index is 8.97. The third-order valence-electron chi connectivity index (χ3n) is 1.69. The minimum Gasteiger partial charge on any atom is -0.376 e. The van der Waals surface area contributed by atoms with Crippen molar-refractivity contribution in [3.63, 3.8) is 0 Å². The van der Waals surface area contributed by atoms with E-state index in [1.165, 1.54) is 17.1 Å². The van der Waals surface area contributed by atoms with Crippen LogP contribution in [0.25, 0.3) is 0 Å². The number of hydrogen-bond donors (Lipinski definition) is 2. The van der Waals surface area contributed by atoms with Gasteiger partial charge in [0.15, 0.2) is 0 Å². The first-order valence-electron chi connectivity index (χ1n) is 4.14. The van der Waals surface area contributed by atoms with Crippen LogP contribution in [-0.4, -0.2) is 29.6 Å². The van der Waals surface area contributed by atoms with Crippen LogP contribution in [0.3, 0.4) is 0 Å². The lowest BCUT2D eigenvalue weighted by Crippen LogP contribution is -2.05. The van der Waals surface area contributed by atoms with Gasteiger partial charge >= 0.3 is 0 Å². The van der Waals surface area contributed by atoms with Gasteiger partial charge in [0.25, 0.3) is 0 Å². The van der Waals surface area contributed by atoms with Gasteiger partial charge in [-0.3, -0.25) is 4.57 Å². The standard InChI is InChI=1S/C7H6Cl2N6O/c8-5-12-6(9)14-7(13-5)11-4-1-10-2-15(4)3-16/h1-2,16H,3H2,(H,11,12,13,14). The molecule has 2 rings (SSSR count). The second kappa shape index (κ2) is 4.60. The molecule has 0 aliphatic heterocycles. The third-order valence-corrected chi connectivity index (χ3v) is 2.02. The molecule has 0 fully saturated rings. The Morgan fingerprint density at radius 1 is 1.25 bits per heavy atom. The van der Waals surface area contributed by atoms with Crippen molar-refractivity contribution in [1.29, 1.82) is 0 Å². The predicted octanol–water partition coefficient (Wildman–Crippen LogP) is 1.07. The summed E-state index contributed by atoms with van der Waals surface area (Å²) in [6.45, 7) is -0.213. The van der Waals surface area contributed by atoms with Gasteiger partial charge in [-0.15, -0.1) is 0 Å². The van der Waals surface area contributed by atoms with Crippen molar-refractivity contribution in [3.8, 4) is 0 Å². The van der Waals surface area contributed by atoms with Crippen molar-refractivity contribution >= 4 is 35.0 Å². The molecule has 0 radical (unpaired) electrons. The topological polar surface area (TPSA) is 88.8 Å². The molecule has 0 atom stereocenters. The Hall–Kier alpha value is -1.44. The summed E-state index contributed by atoms with van der Waals surface area (Å²) in [7, 11) is 0. The molecule has 0 aliphatic carbocycles. The molecule has 84 valence electrons.